The van der Waals surface area contributed by atoms with Crippen LogP contribution in [0.4, 0.5) is 35.0 Å². The molecule has 0 aliphatic carbocycles. The smallest absolute Gasteiger partial charge is 0.378 e. The van der Waals surface area contributed by atoms with Gasteiger partial charge in [-0.3, -0.25) is 4.90 Å². The molecule has 3 aromatic rings. The molecular formula is C23H20F3N3O. The number of alkyl halides is 3. The van der Waals surface area contributed by atoms with E-state index in [1.807, 2.05) is 36.4 Å². The van der Waals surface area contributed by atoms with Crippen LogP contribution < -0.4 is 15.5 Å². The van der Waals surface area contributed by atoms with Gasteiger partial charge in [-0.15, -0.1) is 0 Å². The number of nitrogens with one attached hydrogen (secondary N) is 2. The van der Waals surface area contributed by atoms with Crippen LogP contribution in [0.2, 0.25) is 0 Å². The lowest BCUT2D eigenvalue weighted by Crippen LogP contribution is -2.47. The van der Waals surface area contributed by atoms with Gasteiger partial charge in [-0.2, -0.15) is 13.2 Å². The number of amides is 2. The molecule has 0 fully saturated rings. The molecule has 1 aliphatic heterocycles. The molecule has 1 heterocycles. The summed E-state index contributed by atoms with van der Waals surface area (Å²) in [6.07, 6.45) is -3.85. The number of para-hydroxylation sites is 1. The number of hydrogen-bond donors (Lipinski definition) is 2. The van der Waals surface area contributed by atoms with E-state index < -0.39 is 17.8 Å². The molecule has 30 heavy (non-hydrogen) atoms. The Bertz CT molecular complexity index is 1020. The molecule has 0 aromatic heterocycles. The number of anilines is 3. The van der Waals surface area contributed by atoms with Gasteiger partial charge >= 0.3 is 12.2 Å². The molecule has 2 amide bonds. The van der Waals surface area contributed by atoms with Crippen molar-refractivity contribution >= 4 is 23.1 Å². The largest absolute Gasteiger partial charge is 0.416 e. The molecule has 3 aromatic carbocycles. The van der Waals surface area contributed by atoms with E-state index in [1.165, 1.54) is 11.0 Å². The molecule has 7 heteroatoms. The van der Waals surface area contributed by atoms with E-state index in [0.717, 1.165) is 17.7 Å². The zero-order chi connectivity index (χ0) is 21.1. The minimum absolute atomic E-state index is 0.141. The Labute approximate surface area is 172 Å². The first-order valence-electron chi connectivity index (χ1n) is 9.55. The van der Waals surface area contributed by atoms with Crippen LogP contribution in [-0.2, 0) is 12.6 Å². The average molecular weight is 411 g/mol. The molecule has 0 saturated heterocycles. The first-order chi connectivity index (χ1) is 14.4. The monoisotopic (exact) mass is 411 g/mol. The minimum Gasteiger partial charge on any atom is -0.378 e. The van der Waals surface area contributed by atoms with E-state index in [4.69, 9.17) is 0 Å². The summed E-state index contributed by atoms with van der Waals surface area (Å²) in [6, 6.07) is 21.4. The third-order valence-electron chi connectivity index (χ3n) is 4.97. The molecule has 4 nitrogen and oxygen atoms in total. The highest BCUT2D eigenvalue weighted by molar-refractivity contribution is 6.04. The topological polar surface area (TPSA) is 44.4 Å². The Morgan fingerprint density at radius 2 is 1.67 bits per heavy atom. The molecule has 154 valence electrons. The van der Waals surface area contributed by atoms with Crippen molar-refractivity contribution in [2.45, 2.75) is 18.6 Å². The fourth-order valence-corrected chi connectivity index (χ4v) is 3.56. The zero-order valence-corrected chi connectivity index (χ0v) is 16.0. The maximum Gasteiger partial charge on any atom is 0.416 e. The van der Waals surface area contributed by atoms with Crippen molar-refractivity contribution in [1.29, 1.82) is 0 Å². The maximum absolute atomic E-state index is 13.3. The summed E-state index contributed by atoms with van der Waals surface area (Å²) in [5.41, 5.74) is 1.57. The van der Waals surface area contributed by atoms with Gasteiger partial charge in [0.1, 0.15) is 0 Å². The minimum atomic E-state index is -4.49. The van der Waals surface area contributed by atoms with Crippen molar-refractivity contribution in [3.05, 3.63) is 90.0 Å². The first-order valence-corrected chi connectivity index (χ1v) is 9.55. The highest BCUT2D eigenvalue weighted by Gasteiger charge is 2.34. The molecule has 2 N–H and O–H groups in total. The van der Waals surface area contributed by atoms with Gasteiger partial charge in [0.15, 0.2) is 0 Å². The Kier molecular flexibility index (Phi) is 5.35. The predicted molar refractivity (Wildman–Crippen MR) is 112 cm³/mol. The van der Waals surface area contributed by atoms with Crippen LogP contribution in [0.1, 0.15) is 11.1 Å². The quantitative estimate of drug-likeness (QED) is 0.574. The Morgan fingerprint density at radius 3 is 2.33 bits per heavy atom. The fraction of sp³-hybridized carbons (Fsp3) is 0.174. The van der Waals surface area contributed by atoms with Crippen molar-refractivity contribution < 1.29 is 18.0 Å². The number of halogens is 3. The zero-order valence-electron chi connectivity index (χ0n) is 16.0. The van der Waals surface area contributed by atoms with Crippen LogP contribution >= 0.6 is 0 Å². The fourth-order valence-electron chi connectivity index (χ4n) is 3.56. The lowest BCUT2D eigenvalue weighted by atomic mass is 10.0. The molecule has 4 rings (SSSR count). The third kappa shape index (κ3) is 4.40. The van der Waals surface area contributed by atoms with E-state index in [9.17, 15) is 18.0 Å². The molecule has 1 atom stereocenters. The molecule has 0 radical (unpaired) electrons. The summed E-state index contributed by atoms with van der Waals surface area (Å²) in [5, 5.41) is 6.06. The van der Waals surface area contributed by atoms with Gasteiger partial charge in [0.25, 0.3) is 0 Å². The van der Waals surface area contributed by atoms with Gasteiger partial charge < -0.3 is 10.6 Å². The number of carbonyl (C=O) groups is 1. The molecule has 1 aliphatic rings. The van der Waals surface area contributed by atoms with Gasteiger partial charge in [-0.05, 0) is 42.3 Å². The second-order valence-corrected chi connectivity index (χ2v) is 7.17. The highest BCUT2D eigenvalue weighted by atomic mass is 19.4. The molecule has 1 unspecified atom stereocenters. The second-order valence-electron chi connectivity index (χ2n) is 7.17. The Hall–Kier alpha value is -3.48. The first kappa shape index (κ1) is 19.8. The SMILES string of the molecule is O=C(Nc1ccccc1)N1CC(Cc2ccccc2)Nc2ccc(C(F)(F)F)cc21. The van der Waals surface area contributed by atoms with Crippen molar-refractivity contribution in [2.75, 3.05) is 22.1 Å². The number of hydrogen-bond acceptors (Lipinski definition) is 2. The van der Waals surface area contributed by atoms with Crippen LogP contribution in [-0.4, -0.2) is 18.6 Å². The lowest BCUT2D eigenvalue weighted by Gasteiger charge is -2.36. The predicted octanol–water partition coefficient (Wildman–Crippen LogP) is 5.78. The van der Waals surface area contributed by atoms with Gasteiger partial charge in [0.05, 0.1) is 16.9 Å². The number of rotatable bonds is 3. The summed E-state index contributed by atoms with van der Waals surface area (Å²) in [5.74, 6) is 0. The van der Waals surface area contributed by atoms with Crippen molar-refractivity contribution in [3.63, 3.8) is 0 Å². The second kappa shape index (κ2) is 8.10. The number of fused-ring (bicyclic) bond motifs is 1. The van der Waals surface area contributed by atoms with E-state index in [-0.39, 0.29) is 18.3 Å². The summed E-state index contributed by atoms with van der Waals surface area (Å²) in [6.45, 7) is 0.238. The summed E-state index contributed by atoms with van der Waals surface area (Å²) < 4.78 is 39.8. The third-order valence-corrected chi connectivity index (χ3v) is 4.97. The van der Waals surface area contributed by atoms with Crippen LogP contribution in [0, 0.1) is 0 Å². The molecular weight excluding hydrogens is 391 g/mol. The number of nitrogens with zero attached hydrogens (tertiary/aromatic N) is 1. The summed E-state index contributed by atoms with van der Waals surface area (Å²) >= 11 is 0. The van der Waals surface area contributed by atoms with Crippen molar-refractivity contribution in [1.82, 2.24) is 0 Å². The highest BCUT2D eigenvalue weighted by Crippen LogP contribution is 2.38. The summed E-state index contributed by atoms with van der Waals surface area (Å²) in [7, 11) is 0. The van der Waals surface area contributed by atoms with E-state index in [2.05, 4.69) is 10.6 Å². The standard InChI is InChI=1S/C23H20F3N3O/c24-23(25,26)17-11-12-20-21(14-17)29(22(30)28-18-9-5-2-6-10-18)15-19(27-20)13-16-7-3-1-4-8-16/h1-12,14,19,27H,13,15H2,(H,28,30). The van der Waals surface area contributed by atoms with Gasteiger partial charge in [0.2, 0.25) is 0 Å². The molecule has 0 saturated carbocycles. The van der Waals surface area contributed by atoms with Gasteiger partial charge in [0, 0.05) is 18.3 Å². The average Bonchev–Trinajstić information content (AvgIpc) is 2.73. The van der Waals surface area contributed by atoms with E-state index in [1.54, 1.807) is 24.3 Å². The van der Waals surface area contributed by atoms with Gasteiger partial charge in [-0.25, -0.2) is 4.79 Å². The number of urea groups is 1. The van der Waals surface area contributed by atoms with Crippen LogP contribution in [0.25, 0.3) is 0 Å². The lowest BCUT2D eigenvalue weighted by molar-refractivity contribution is -0.137. The molecule has 0 spiro atoms. The Morgan fingerprint density at radius 1 is 1.00 bits per heavy atom. The van der Waals surface area contributed by atoms with Crippen LogP contribution in [0.5, 0.6) is 0 Å². The maximum atomic E-state index is 13.3. The van der Waals surface area contributed by atoms with Crippen molar-refractivity contribution in [2.24, 2.45) is 0 Å². The van der Waals surface area contributed by atoms with Crippen LogP contribution in [0.3, 0.4) is 0 Å². The van der Waals surface area contributed by atoms with Crippen LogP contribution in [0.15, 0.2) is 78.9 Å². The number of carbonyl (C=O) groups excluding carboxylic acids is 1. The van der Waals surface area contributed by atoms with Crippen molar-refractivity contribution in [3.8, 4) is 0 Å². The van der Waals surface area contributed by atoms with Gasteiger partial charge in [-0.1, -0.05) is 48.5 Å². The van der Waals surface area contributed by atoms with E-state index in [0.29, 0.717) is 17.8 Å². The Balaban J connectivity index is 1.65. The van der Waals surface area contributed by atoms with E-state index >= 15 is 0 Å². The number of benzene rings is 3. The normalized spacial score (nSPS) is 15.8. The summed E-state index contributed by atoms with van der Waals surface area (Å²) in [4.78, 5) is 14.4. The molecule has 0 bridgehead atoms.